The predicted octanol–water partition coefficient (Wildman–Crippen LogP) is -1.29. The van der Waals surface area contributed by atoms with E-state index in [1.165, 1.54) is 6.42 Å². The normalized spacial score (nSPS) is 23.0. The van der Waals surface area contributed by atoms with Crippen LogP contribution in [0.15, 0.2) is 6.33 Å². The van der Waals surface area contributed by atoms with Gasteiger partial charge < -0.3 is 5.73 Å². The molecule has 1 saturated heterocycles. The molecular formula is C7H14N6. The molecule has 2 rings (SSSR count). The van der Waals surface area contributed by atoms with E-state index in [9.17, 15) is 0 Å². The van der Waals surface area contributed by atoms with E-state index in [4.69, 9.17) is 5.73 Å². The van der Waals surface area contributed by atoms with Crippen molar-refractivity contribution in [3.63, 3.8) is 0 Å². The Bertz CT molecular complexity index is 243. The van der Waals surface area contributed by atoms with Crippen LogP contribution < -0.4 is 5.73 Å². The van der Waals surface area contributed by atoms with Crippen LogP contribution in [-0.2, 0) is 6.54 Å². The Labute approximate surface area is 76.7 Å². The zero-order chi connectivity index (χ0) is 9.10. The Hall–Kier alpha value is -1.01. The van der Waals surface area contributed by atoms with Gasteiger partial charge in [-0.2, -0.15) is 0 Å². The SMILES string of the molecule is NCC1CCN1CCn1cnnn1. The molecule has 0 radical (unpaired) electrons. The molecule has 1 unspecified atom stereocenters. The van der Waals surface area contributed by atoms with Crippen molar-refractivity contribution < 1.29 is 0 Å². The summed E-state index contributed by atoms with van der Waals surface area (Å²) >= 11 is 0. The fourth-order valence-electron chi connectivity index (χ4n) is 1.57. The number of nitrogens with two attached hydrogens (primary N) is 1. The largest absolute Gasteiger partial charge is 0.329 e. The van der Waals surface area contributed by atoms with Crippen LogP contribution >= 0.6 is 0 Å². The lowest BCUT2D eigenvalue weighted by Gasteiger charge is -2.40. The van der Waals surface area contributed by atoms with Gasteiger partial charge in [0.05, 0.1) is 6.54 Å². The van der Waals surface area contributed by atoms with E-state index in [1.807, 2.05) is 0 Å². The number of likely N-dealkylation sites (tertiary alicyclic amines) is 1. The van der Waals surface area contributed by atoms with E-state index in [2.05, 4.69) is 20.4 Å². The first-order valence-corrected chi connectivity index (χ1v) is 4.55. The first-order valence-electron chi connectivity index (χ1n) is 4.55. The molecular weight excluding hydrogens is 168 g/mol. The highest BCUT2D eigenvalue weighted by atomic mass is 15.5. The van der Waals surface area contributed by atoms with Gasteiger partial charge in [-0.15, -0.1) is 5.10 Å². The summed E-state index contributed by atoms with van der Waals surface area (Å²) in [5.41, 5.74) is 5.58. The average molecular weight is 182 g/mol. The third-order valence-electron chi connectivity index (χ3n) is 2.55. The Balaban J connectivity index is 1.74. The second kappa shape index (κ2) is 3.80. The first kappa shape index (κ1) is 8.58. The summed E-state index contributed by atoms with van der Waals surface area (Å²) in [7, 11) is 0. The maximum Gasteiger partial charge on any atom is 0.138 e. The molecule has 6 nitrogen and oxygen atoms in total. The Kier molecular flexibility index (Phi) is 2.51. The molecule has 72 valence electrons. The monoisotopic (exact) mass is 182 g/mol. The van der Waals surface area contributed by atoms with E-state index >= 15 is 0 Å². The fourth-order valence-corrected chi connectivity index (χ4v) is 1.57. The molecule has 1 aliphatic heterocycles. The quantitative estimate of drug-likeness (QED) is 0.627. The summed E-state index contributed by atoms with van der Waals surface area (Å²) in [5.74, 6) is 0. The number of hydrogen-bond donors (Lipinski definition) is 1. The minimum absolute atomic E-state index is 0.580. The van der Waals surface area contributed by atoms with Gasteiger partial charge in [0.1, 0.15) is 6.33 Å². The van der Waals surface area contributed by atoms with E-state index in [0.717, 1.165) is 26.2 Å². The third kappa shape index (κ3) is 1.84. The van der Waals surface area contributed by atoms with Crippen LogP contribution in [0.4, 0.5) is 0 Å². The minimum atomic E-state index is 0.580. The highest BCUT2D eigenvalue weighted by Gasteiger charge is 2.25. The summed E-state index contributed by atoms with van der Waals surface area (Å²) in [6.45, 7) is 3.76. The molecule has 0 amide bonds. The lowest BCUT2D eigenvalue weighted by Crippen LogP contribution is -2.52. The van der Waals surface area contributed by atoms with Gasteiger partial charge in [0.2, 0.25) is 0 Å². The van der Waals surface area contributed by atoms with E-state index in [0.29, 0.717) is 6.04 Å². The number of nitrogens with zero attached hydrogens (tertiary/aromatic N) is 5. The number of tetrazole rings is 1. The van der Waals surface area contributed by atoms with Crippen LogP contribution in [0.25, 0.3) is 0 Å². The molecule has 1 aromatic heterocycles. The third-order valence-corrected chi connectivity index (χ3v) is 2.55. The smallest absolute Gasteiger partial charge is 0.138 e. The molecule has 13 heavy (non-hydrogen) atoms. The summed E-state index contributed by atoms with van der Waals surface area (Å²) in [5, 5.41) is 10.9. The number of rotatable bonds is 4. The molecule has 2 heterocycles. The van der Waals surface area contributed by atoms with Gasteiger partial charge in [-0.25, -0.2) is 4.68 Å². The van der Waals surface area contributed by atoms with Crippen LogP contribution in [0.3, 0.4) is 0 Å². The molecule has 0 saturated carbocycles. The van der Waals surface area contributed by atoms with Crippen molar-refractivity contribution in [1.82, 2.24) is 25.1 Å². The highest BCUT2D eigenvalue weighted by Crippen LogP contribution is 2.14. The Morgan fingerprint density at radius 3 is 2.92 bits per heavy atom. The van der Waals surface area contributed by atoms with Crippen molar-refractivity contribution in [2.45, 2.75) is 19.0 Å². The van der Waals surface area contributed by atoms with Crippen LogP contribution in [0, 0.1) is 0 Å². The lowest BCUT2D eigenvalue weighted by molar-refractivity contribution is 0.0909. The number of hydrogen-bond acceptors (Lipinski definition) is 5. The summed E-state index contributed by atoms with van der Waals surface area (Å²) in [6.07, 6.45) is 2.86. The first-order chi connectivity index (χ1) is 6.40. The van der Waals surface area contributed by atoms with E-state index in [-0.39, 0.29) is 0 Å². The van der Waals surface area contributed by atoms with Gasteiger partial charge in [-0.3, -0.25) is 4.90 Å². The maximum absolute atomic E-state index is 5.58. The molecule has 0 aromatic carbocycles. The second-order valence-electron chi connectivity index (χ2n) is 3.29. The molecule has 1 aliphatic rings. The van der Waals surface area contributed by atoms with Crippen LogP contribution in [-0.4, -0.2) is 50.8 Å². The second-order valence-corrected chi connectivity index (χ2v) is 3.29. The van der Waals surface area contributed by atoms with Gasteiger partial charge in [-0.05, 0) is 16.8 Å². The molecule has 0 aliphatic carbocycles. The molecule has 0 bridgehead atoms. The van der Waals surface area contributed by atoms with Gasteiger partial charge in [-0.1, -0.05) is 0 Å². The van der Waals surface area contributed by atoms with Gasteiger partial charge >= 0.3 is 0 Å². The van der Waals surface area contributed by atoms with Crippen molar-refractivity contribution in [2.24, 2.45) is 5.73 Å². The molecule has 1 fully saturated rings. The van der Waals surface area contributed by atoms with E-state index in [1.54, 1.807) is 11.0 Å². The van der Waals surface area contributed by atoms with Crippen molar-refractivity contribution in [1.29, 1.82) is 0 Å². The van der Waals surface area contributed by atoms with Gasteiger partial charge in [0.25, 0.3) is 0 Å². The summed E-state index contributed by atoms with van der Waals surface area (Å²) in [4.78, 5) is 2.36. The average Bonchev–Trinajstić information content (AvgIpc) is 2.56. The Morgan fingerprint density at radius 1 is 1.46 bits per heavy atom. The van der Waals surface area contributed by atoms with Crippen molar-refractivity contribution in [3.8, 4) is 0 Å². The summed E-state index contributed by atoms with van der Waals surface area (Å²) in [6, 6.07) is 0.580. The van der Waals surface area contributed by atoms with Crippen LogP contribution in [0.2, 0.25) is 0 Å². The molecule has 6 heteroatoms. The van der Waals surface area contributed by atoms with Crippen molar-refractivity contribution in [3.05, 3.63) is 6.33 Å². The molecule has 0 spiro atoms. The molecule has 2 N–H and O–H groups in total. The Morgan fingerprint density at radius 2 is 2.38 bits per heavy atom. The topological polar surface area (TPSA) is 72.9 Å². The number of aromatic nitrogens is 4. The maximum atomic E-state index is 5.58. The zero-order valence-electron chi connectivity index (χ0n) is 7.50. The summed E-state index contributed by atoms with van der Waals surface area (Å²) < 4.78 is 1.74. The zero-order valence-corrected chi connectivity index (χ0v) is 7.50. The standard InChI is InChI=1S/C7H14N6/c8-5-7-1-2-12(7)3-4-13-6-9-10-11-13/h6-7H,1-5,8H2. The molecule has 1 aromatic rings. The van der Waals surface area contributed by atoms with Gasteiger partial charge in [0, 0.05) is 25.7 Å². The highest BCUT2D eigenvalue weighted by molar-refractivity contribution is 4.82. The van der Waals surface area contributed by atoms with E-state index < -0.39 is 0 Å². The fraction of sp³-hybridized carbons (Fsp3) is 0.857. The lowest BCUT2D eigenvalue weighted by atomic mass is 10.0. The van der Waals surface area contributed by atoms with Gasteiger partial charge in [0.15, 0.2) is 0 Å². The van der Waals surface area contributed by atoms with Crippen molar-refractivity contribution >= 4 is 0 Å². The molecule has 1 atom stereocenters. The minimum Gasteiger partial charge on any atom is -0.329 e. The predicted molar refractivity (Wildman–Crippen MR) is 46.8 cm³/mol. The van der Waals surface area contributed by atoms with Crippen LogP contribution in [0.5, 0.6) is 0 Å². The van der Waals surface area contributed by atoms with Crippen LogP contribution in [0.1, 0.15) is 6.42 Å². The van der Waals surface area contributed by atoms with Crippen molar-refractivity contribution in [2.75, 3.05) is 19.6 Å².